The zero-order chi connectivity index (χ0) is 25.3. The quantitative estimate of drug-likeness (QED) is 0.365. The lowest BCUT2D eigenvalue weighted by Gasteiger charge is -2.30. The van der Waals surface area contributed by atoms with Crippen molar-refractivity contribution in [3.8, 4) is 6.07 Å². The van der Waals surface area contributed by atoms with Crippen LogP contribution in [0.3, 0.4) is 0 Å². The van der Waals surface area contributed by atoms with Gasteiger partial charge in [0, 0.05) is 37.6 Å². The summed E-state index contributed by atoms with van der Waals surface area (Å²) in [6.45, 7) is 7.25. The lowest BCUT2D eigenvalue weighted by Crippen LogP contribution is -2.54. The van der Waals surface area contributed by atoms with Crippen LogP contribution >= 0.6 is 0 Å². The molecule has 35 heavy (non-hydrogen) atoms. The number of rotatable bonds is 11. The molecule has 0 radical (unpaired) electrons. The molecule has 1 aromatic carbocycles. The summed E-state index contributed by atoms with van der Waals surface area (Å²) in [6, 6.07) is 14.5. The number of aryl methyl sites for hydroxylation is 1. The van der Waals surface area contributed by atoms with E-state index in [0.29, 0.717) is 31.7 Å². The highest BCUT2D eigenvalue weighted by atomic mass is 16.2. The first kappa shape index (κ1) is 25.7. The molecule has 0 spiro atoms. The van der Waals surface area contributed by atoms with Gasteiger partial charge in [-0.15, -0.1) is 0 Å². The first-order valence-corrected chi connectivity index (χ1v) is 11.9. The third kappa shape index (κ3) is 7.03. The van der Waals surface area contributed by atoms with Gasteiger partial charge in [0.15, 0.2) is 5.69 Å². The molecule has 184 valence electrons. The molecule has 2 heterocycles. The number of hydrogen-bond donors (Lipinski definition) is 3. The lowest BCUT2D eigenvalue weighted by atomic mass is 9.86. The van der Waals surface area contributed by atoms with Crippen LogP contribution in [0.15, 0.2) is 48.7 Å². The maximum Gasteiger partial charge on any atom is 0.273 e. The minimum Gasteiger partial charge on any atom is -0.368 e. The topological polar surface area (TPSA) is 125 Å². The fourth-order valence-corrected chi connectivity index (χ4v) is 3.75. The summed E-state index contributed by atoms with van der Waals surface area (Å²) in [5, 5.41) is 23.0. The molecule has 0 aliphatic rings. The van der Waals surface area contributed by atoms with Crippen LogP contribution in [0, 0.1) is 16.7 Å². The number of aromatic nitrogens is 3. The largest absolute Gasteiger partial charge is 0.368 e. The summed E-state index contributed by atoms with van der Waals surface area (Å²) in [4.78, 5) is 30.5. The number of benzene rings is 1. The maximum absolute atomic E-state index is 13.3. The van der Waals surface area contributed by atoms with E-state index in [4.69, 9.17) is 5.26 Å². The highest BCUT2D eigenvalue weighted by Crippen LogP contribution is 2.23. The zero-order valence-corrected chi connectivity index (χ0v) is 20.5. The molecule has 0 fully saturated rings. The third-order valence-corrected chi connectivity index (χ3v) is 5.58. The number of pyridine rings is 1. The van der Waals surface area contributed by atoms with Gasteiger partial charge in [-0.1, -0.05) is 45.0 Å². The highest BCUT2D eigenvalue weighted by Gasteiger charge is 2.33. The Hall–Kier alpha value is -3.93. The van der Waals surface area contributed by atoms with Crippen LogP contribution in [0.25, 0.3) is 10.9 Å². The van der Waals surface area contributed by atoms with Gasteiger partial charge in [0.25, 0.3) is 5.91 Å². The van der Waals surface area contributed by atoms with Crippen molar-refractivity contribution in [2.75, 3.05) is 18.4 Å². The number of amides is 2. The Balaban J connectivity index is 1.68. The first-order chi connectivity index (χ1) is 16.8. The molecule has 0 saturated carbocycles. The van der Waals surface area contributed by atoms with Gasteiger partial charge in [-0.3, -0.25) is 14.3 Å². The Morgan fingerprint density at radius 1 is 1.09 bits per heavy atom. The van der Waals surface area contributed by atoms with E-state index in [1.807, 2.05) is 63.2 Å². The van der Waals surface area contributed by atoms with Crippen LogP contribution in [-0.4, -0.2) is 45.7 Å². The molecule has 2 aromatic heterocycles. The van der Waals surface area contributed by atoms with E-state index < -0.39 is 17.4 Å². The average Bonchev–Trinajstić information content (AvgIpc) is 3.21. The number of nitriles is 1. The summed E-state index contributed by atoms with van der Waals surface area (Å²) in [5.41, 5.74) is 0.635. The summed E-state index contributed by atoms with van der Waals surface area (Å²) in [6.07, 6.45) is 3.75. The van der Waals surface area contributed by atoms with Crippen molar-refractivity contribution in [1.29, 1.82) is 5.26 Å². The Morgan fingerprint density at radius 3 is 2.57 bits per heavy atom. The van der Waals surface area contributed by atoms with Gasteiger partial charge in [-0.2, -0.15) is 10.4 Å². The van der Waals surface area contributed by atoms with Crippen molar-refractivity contribution in [2.24, 2.45) is 5.41 Å². The minimum absolute atomic E-state index is 0.256. The number of unbranched alkanes of at least 4 members (excludes halogenated alkanes) is 2. The maximum atomic E-state index is 13.3. The van der Waals surface area contributed by atoms with Crippen LogP contribution in [0.4, 0.5) is 5.82 Å². The Morgan fingerprint density at radius 2 is 1.86 bits per heavy atom. The van der Waals surface area contributed by atoms with Gasteiger partial charge >= 0.3 is 0 Å². The molecule has 3 aromatic rings. The van der Waals surface area contributed by atoms with Crippen molar-refractivity contribution < 1.29 is 9.59 Å². The molecule has 0 saturated heterocycles. The SMILES string of the molecule is CC(C)(C)C(NC(=O)c1nn(CCCCC#N)c2ccccc12)C(=O)NCCNc1ccccn1. The number of fused-ring (bicyclic) bond motifs is 1. The van der Waals surface area contributed by atoms with Crippen LogP contribution in [0.5, 0.6) is 0 Å². The Labute approximate surface area is 205 Å². The minimum atomic E-state index is -0.746. The van der Waals surface area contributed by atoms with Crippen molar-refractivity contribution in [1.82, 2.24) is 25.4 Å². The predicted octanol–water partition coefficient (Wildman–Crippen LogP) is 3.50. The van der Waals surface area contributed by atoms with Gasteiger partial charge in [0.2, 0.25) is 5.91 Å². The van der Waals surface area contributed by atoms with E-state index in [0.717, 1.165) is 29.6 Å². The van der Waals surface area contributed by atoms with E-state index >= 15 is 0 Å². The van der Waals surface area contributed by atoms with Gasteiger partial charge in [-0.05, 0) is 36.5 Å². The van der Waals surface area contributed by atoms with E-state index in [1.165, 1.54) is 0 Å². The fraction of sp³-hybridized carbons (Fsp3) is 0.423. The van der Waals surface area contributed by atoms with Gasteiger partial charge in [0.05, 0.1) is 11.6 Å². The standard InChI is InChI=1S/C26H33N7O2/c1-26(2,3)23(25(35)30-17-16-29-21-13-7-9-15-28-21)31-24(34)22-19-11-5-6-12-20(19)33(32-22)18-10-4-8-14-27/h5-7,9,11-13,15,23H,4,8,10,16-18H2,1-3H3,(H,28,29)(H,30,35)(H,31,34). The summed E-state index contributed by atoms with van der Waals surface area (Å²) < 4.78 is 1.80. The van der Waals surface area contributed by atoms with Crippen LogP contribution in [0.1, 0.15) is 50.5 Å². The molecule has 1 atom stereocenters. The number of carbonyl (C=O) groups is 2. The van der Waals surface area contributed by atoms with Crippen molar-refractivity contribution in [2.45, 2.75) is 52.6 Å². The number of carbonyl (C=O) groups excluding carboxylic acids is 2. The second kappa shape index (κ2) is 12.0. The smallest absolute Gasteiger partial charge is 0.273 e. The Kier molecular flexibility index (Phi) is 8.79. The fourth-order valence-electron chi connectivity index (χ4n) is 3.75. The molecular weight excluding hydrogens is 442 g/mol. The average molecular weight is 476 g/mol. The normalized spacial score (nSPS) is 12.1. The van der Waals surface area contributed by atoms with Gasteiger partial charge in [-0.25, -0.2) is 4.98 Å². The molecule has 3 rings (SSSR count). The highest BCUT2D eigenvalue weighted by molar-refractivity contribution is 6.06. The summed E-state index contributed by atoms with van der Waals surface area (Å²) in [5.74, 6) is 0.0880. The zero-order valence-electron chi connectivity index (χ0n) is 20.5. The molecular formula is C26H33N7O2. The third-order valence-electron chi connectivity index (χ3n) is 5.58. The second-order valence-electron chi connectivity index (χ2n) is 9.41. The summed E-state index contributed by atoms with van der Waals surface area (Å²) >= 11 is 0. The van der Waals surface area contributed by atoms with Crippen molar-refractivity contribution >= 4 is 28.5 Å². The molecule has 9 heteroatoms. The number of hydrogen-bond acceptors (Lipinski definition) is 6. The molecule has 2 amide bonds. The number of nitrogens with one attached hydrogen (secondary N) is 3. The van der Waals surface area contributed by atoms with E-state index in [-0.39, 0.29) is 5.91 Å². The monoisotopic (exact) mass is 475 g/mol. The van der Waals surface area contributed by atoms with Crippen LogP contribution < -0.4 is 16.0 Å². The molecule has 0 aliphatic heterocycles. The second-order valence-corrected chi connectivity index (χ2v) is 9.41. The van der Waals surface area contributed by atoms with Crippen LogP contribution in [-0.2, 0) is 11.3 Å². The van der Waals surface area contributed by atoms with Crippen molar-refractivity contribution in [3.05, 3.63) is 54.4 Å². The van der Waals surface area contributed by atoms with E-state index in [9.17, 15) is 9.59 Å². The lowest BCUT2D eigenvalue weighted by molar-refractivity contribution is -0.125. The Bertz CT molecular complexity index is 1180. The molecule has 3 N–H and O–H groups in total. The van der Waals surface area contributed by atoms with Crippen molar-refractivity contribution in [3.63, 3.8) is 0 Å². The van der Waals surface area contributed by atoms with E-state index in [2.05, 4.69) is 32.1 Å². The predicted molar refractivity (Wildman–Crippen MR) is 136 cm³/mol. The number of anilines is 1. The first-order valence-electron chi connectivity index (χ1n) is 11.9. The van der Waals surface area contributed by atoms with Crippen LogP contribution in [0.2, 0.25) is 0 Å². The molecule has 0 aliphatic carbocycles. The number of nitrogens with zero attached hydrogens (tertiary/aromatic N) is 4. The molecule has 9 nitrogen and oxygen atoms in total. The molecule has 1 unspecified atom stereocenters. The summed E-state index contributed by atoms with van der Waals surface area (Å²) in [7, 11) is 0. The molecule has 0 bridgehead atoms. The van der Waals surface area contributed by atoms with E-state index in [1.54, 1.807) is 10.9 Å². The van der Waals surface area contributed by atoms with Gasteiger partial charge < -0.3 is 16.0 Å². The van der Waals surface area contributed by atoms with Gasteiger partial charge in [0.1, 0.15) is 11.9 Å². The number of para-hydroxylation sites is 1.